The number of hydrogen-bond acceptors (Lipinski definition) is 3. The fourth-order valence-electron chi connectivity index (χ4n) is 2.34. The van der Waals surface area contributed by atoms with Gasteiger partial charge in [-0.1, -0.05) is 25.4 Å². The van der Waals surface area contributed by atoms with Crippen LogP contribution in [0, 0.1) is 0 Å². The van der Waals surface area contributed by atoms with Crippen LogP contribution in [0.1, 0.15) is 25.5 Å². The number of likely N-dealkylation sites (N-methyl/N-ethyl adjacent to an activating group) is 1. The molecule has 1 aliphatic heterocycles. The Morgan fingerprint density at radius 2 is 2.11 bits per heavy atom. The van der Waals surface area contributed by atoms with E-state index in [0.717, 1.165) is 37.4 Å². The molecule has 1 aromatic rings. The summed E-state index contributed by atoms with van der Waals surface area (Å²) in [6.07, 6.45) is 0. The molecule has 0 fully saturated rings. The van der Waals surface area contributed by atoms with Crippen molar-refractivity contribution in [1.29, 1.82) is 0 Å². The summed E-state index contributed by atoms with van der Waals surface area (Å²) in [7, 11) is 0. The van der Waals surface area contributed by atoms with Gasteiger partial charge in [-0.25, -0.2) is 0 Å². The molecule has 1 amide bonds. The van der Waals surface area contributed by atoms with Crippen LogP contribution < -0.4 is 10.6 Å². The second-order valence-corrected chi connectivity index (χ2v) is 5.07. The molecule has 0 radical (unpaired) electrons. The number of halogens is 1. The maximum Gasteiger partial charge on any atom is 0.246 e. The highest BCUT2D eigenvalue weighted by Crippen LogP contribution is 2.32. The minimum atomic E-state index is -0.288. The van der Waals surface area contributed by atoms with E-state index >= 15 is 0 Å². The van der Waals surface area contributed by atoms with Gasteiger partial charge in [-0.3, -0.25) is 4.79 Å². The van der Waals surface area contributed by atoms with Crippen LogP contribution in [0.2, 0.25) is 5.02 Å². The smallest absolute Gasteiger partial charge is 0.246 e. The molecular weight excluding hydrogens is 262 g/mol. The molecule has 1 heterocycles. The molecule has 0 aliphatic carbocycles. The quantitative estimate of drug-likeness (QED) is 0.841. The number of rotatable bonds is 6. The van der Waals surface area contributed by atoms with E-state index in [9.17, 15) is 4.79 Å². The second-order valence-electron chi connectivity index (χ2n) is 4.63. The summed E-state index contributed by atoms with van der Waals surface area (Å²) in [4.78, 5) is 14.2. The van der Waals surface area contributed by atoms with Crippen molar-refractivity contribution in [2.75, 3.05) is 31.5 Å². The van der Waals surface area contributed by atoms with E-state index in [1.165, 1.54) is 0 Å². The monoisotopic (exact) mass is 281 g/mol. The van der Waals surface area contributed by atoms with E-state index in [-0.39, 0.29) is 11.9 Å². The highest BCUT2D eigenvalue weighted by atomic mass is 35.5. The van der Waals surface area contributed by atoms with Gasteiger partial charge >= 0.3 is 0 Å². The van der Waals surface area contributed by atoms with E-state index in [4.69, 9.17) is 11.6 Å². The third-order valence-corrected chi connectivity index (χ3v) is 3.75. The molecule has 2 N–H and O–H groups in total. The lowest BCUT2D eigenvalue weighted by Crippen LogP contribution is -2.35. The highest BCUT2D eigenvalue weighted by molar-refractivity contribution is 6.31. The van der Waals surface area contributed by atoms with Crippen LogP contribution in [0.15, 0.2) is 18.2 Å². The zero-order valence-corrected chi connectivity index (χ0v) is 12.1. The van der Waals surface area contributed by atoms with Crippen molar-refractivity contribution in [1.82, 2.24) is 10.2 Å². The van der Waals surface area contributed by atoms with Crippen molar-refractivity contribution in [2.24, 2.45) is 0 Å². The molecule has 1 aliphatic rings. The van der Waals surface area contributed by atoms with Crippen LogP contribution in [0.5, 0.6) is 0 Å². The van der Waals surface area contributed by atoms with Crippen molar-refractivity contribution in [3.05, 3.63) is 28.8 Å². The zero-order chi connectivity index (χ0) is 13.8. The average Bonchev–Trinajstić information content (AvgIpc) is 2.71. The number of amides is 1. The Morgan fingerprint density at radius 3 is 2.79 bits per heavy atom. The molecule has 1 aromatic carbocycles. The van der Waals surface area contributed by atoms with Crippen molar-refractivity contribution in [3.63, 3.8) is 0 Å². The van der Waals surface area contributed by atoms with Gasteiger partial charge in [0.15, 0.2) is 0 Å². The normalized spacial score (nSPS) is 17.7. The van der Waals surface area contributed by atoms with Crippen molar-refractivity contribution >= 4 is 23.2 Å². The molecule has 0 bridgehead atoms. The van der Waals surface area contributed by atoms with E-state index in [1.54, 1.807) is 6.07 Å². The van der Waals surface area contributed by atoms with Gasteiger partial charge in [0.05, 0.1) is 0 Å². The molecule has 2 rings (SSSR count). The number of carbonyl (C=O) groups is 1. The summed E-state index contributed by atoms with van der Waals surface area (Å²) >= 11 is 5.99. The highest BCUT2D eigenvalue weighted by Gasteiger charge is 2.29. The topological polar surface area (TPSA) is 44.4 Å². The summed E-state index contributed by atoms with van der Waals surface area (Å²) in [5.74, 6) is -0.00295. The predicted molar refractivity (Wildman–Crippen MR) is 78.6 cm³/mol. The van der Waals surface area contributed by atoms with Gasteiger partial charge in [-0.15, -0.1) is 0 Å². The van der Waals surface area contributed by atoms with Gasteiger partial charge in [0, 0.05) is 29.4 Å². The van der Waals surface area contributed by atoms with Gasteiger partial charge in [0.25, 0.3) is 0 Å². The first-order chi connectivity index (χ1) is 9.15. The third-order valence-electron chi connectivity index (χ3n) is 3.52. The van der Waals surface area contributed by atoms with Crippen molar-refractivity contribution in [2.45, 2.75) is 19.9 Å². The van der Waals surface area contributed by atoms with Gasteiger partial charge < -0.3 is 15.5 Å². The maximum absolute atomic E-state index is 11.9. The molecule has 1 unspecified atom stereocenters. The van der Waals surface area contributed by atoms with Crippen molar-refractivity contribution < 1.29 is 4.79 Å². The van der Waals surface area contributed by atoms with Crippen molar-refractivity contribution in [3.8, 4) is 0 Å². The average molecular weight is 282 g/mol. The Hall–Kier alpha value is -1.10. The van der Waals surface area contributed by atoms with E-state index < -0.39 is 0 Å². The number of hydrogen-bond donors (Lipinski definition) is 2. The summed E-state index contributed by atoms with van der Waals surface area (Å²) < 4.78 is 0. The van der Waals surface area contributed by atoms with Crippen LogP contribution in [0.4, 0.5) is 5.69 Å². The lowest BCUT2D eigenvalue weighted by molar-refractivity contribution is -0.117. The van der Waals surface area contributed by atoms with Crippen LogP contribution in [0.3, 0.4) is 0 Å². The summed E-state index contributed by atoms with van der Waals surface area (Å²) in [6, 6.07) is 5.20. The minimum Gasteiger partial charge on any atom is -0.324 e. The fraction of sp³-hybridized carbons (Fsp3) is 0.500. The lowest BCUT2D eigenvalue weighted by Gasteiger charge is -2.19. The minimum absolute atomic E-state index is 0.00295. The van der Waals surface area contributed by atoms with E-state index in [1.807, 2.05) is 12.1 Å². The fourth-order valence-corrected chi connectivity index (χ4v) is 2.52. The molecule has 0 saturated carbocycles. The summed E-state index contributed by atoms with van der Waals surface area (Å²) in [5, 5.41) is 6.83. The molecule has 104 valence electrons. The Kier molecular flexibility index (Phi) is 4.80. The zero-order valence-electron chi connectivity index (χ0n) is 11.4. The van der Waals surface area contributed by atoms with E-state index in [2.05, 4.69) is 29.4 Å². The summed E-state index contributed by atoms with van der Waals surface area (Å²) in [6.45, 7) is 8.05. The SMILES string of the molecule is CCN(CC)CCNC1C(=O)Nc2ccc(Cl)cc21. The first-order valence-corrected chi connectivity index (χ1v) is 7.09. The Morgan fingerprint density at radius 1 is 1.37 bits per heavy atom. The van der Waals surface area contributed by atoms with Gasteiger partial charge in [-0.2, -0.15) is 0 Å². The van der Waals surface area contributed by atoms with Crippen LogP contribution >= 0.6 is 11.6 Å². The molecule has 5 heteroatoms. The number of nitrogens with one attached hydrogen (secondary N) is 2. The second kappa shape index (κ2) is 6.37. The number of carbonyl (C=O) groups excluding carboxylic acids is 1. The lowest BCUT2D eigenvalue weighted by atomic mass is 10.1. The molecular formula is C14H20ClN3O. The molecule has 19 heavy (non-hydrogen) atoms. The number of fused-ring (bicyclic) bond motifs is 1. The first-order valence-electron chi connectivity index (χ1n) is 6.71. The van der Waals surface area contributed by atoms with Gasteiger partial charge in [0.1, 0.15) is 6.04 Å². The molecule has 0 aromatic heterocycles. The van der Waals surface area contributed by atoms with Gasteiger partial charge in [0.2, 0.25) is 5.91 Å². The van der Waals surface area contributed by atoms with Crippen LogP contribution in [-0.4, -0.2) is 37.0 Å². The largest absolute Gasteiger partial charge is 0.324 e. The molecule has 0 saturated heterocycles. The first kappa shape index (κ1) is 14.3. The molecule has 1 atom stereocenters. The Balaban J connectivity index is 1.98. The van der Waals surface area contributed by atoms with Gasteiger partial charge in [-0.05, 0) is 31.3 Å². The Bertz CT molecular complexity index is 460. The maximum atomic E-state index is 11.9. The Labute approximate surface area is 119 Å². The van der Waals surface area contributed by atoms with E-state index in [0.29, 0.717) is 5.02 Å². The standard InChI is InChI=1S/C14H20ClN3O/c1-3-18(4-2)8-7-16-13-11-9-10(15)5-6-12(11)17-14(13)19/h5-6,9,13,16H,3-4,7-8H2,1-2H3,(H,17,19). The van der Waals surface area contributed by atoms with Crippen LogP contribution in [-0.2, 0) is 4.79 Å². The number of benzene rings is 1. The number of nitrogens with zero attached hydrogens (tertiary/aromatic N) is 1. The summed E-state index contributed by atoms with van der Waals surface area (Å²) in [5.41, 5.74) is 1.80. The predicted octanol–water partition coefficient (Wildman–Crippen LogP) is 2.26. The third kappa shape index (κ3) is 3.26. The number of anilines is 1. The molecule has 4 nitrogen and oxygen atoms in total. The van der Waals surface area contributed by atoms with Crippen LogP contribution in [0.25, 0.3) is 0 Å². The molecule has 0 spiro atoms.